The molecular weight excluding hydrogens is 372 g/mol. The zero-order valence-corrected chi connectivity index (χ0v) is 17.0. The van der Waals surface area contributed by atoms with Crippen molar-refractivity contribution in [3.8, 4) is 0 Å². The van der Waals surface area contributed by atoms with Gasteiger partial charge in [0.15, 0.2) is 0 Å². The third-order valence-electron chi connectivity index (χ3n) is 3.55. The van der Waals surface area contributed by atoms with Gasteiger partial charge in [0.2, 0.25) is 5.13 Å². The first-order valence-corrected chi connectivity index (χ1v) is 10.8. The highest BCUT2D eigenvalue weighted by Gasteiger charge is 2.07. The molecule has 0 atom stereocenters. The second-order valence-corrected chi connectivity index (χ2v) is 8.03. The fraction of sp³-hybridized carbons (Fsp3) is 0.500. The van der Waals surface area contributed by atoms with E-state index in [4.69, 9.17) is 0 Å². The van der Waals surface area contributed by atoms with Gasteiger partial charge in [-0.2, -0.15) is 4.37 Å². The van der Waals surface area contributed by atoms with E-state index < -0.39 is 10.0 Å². The Balaban J connectivity index is 2.40. The number of azo groups is 1. The second-order valence-electron chi connectivity index (χ2n) is 5.55. The maximum atomic E-state index is 12.2. The number of hydrogen-bond acceptors (Lipinski definition) is 8. The maximum Gasteiger partial charge on any atom is 0.249 e. The normalized spacial score (nSPS) is 11.8. The van der Waals surface area contributed by atoms with Crippen LogP contribution in [0.4, 0.5) is 22.2 Å². The predicted octanol–water partition coefficient (Wildman–Crippen LogP) is 4.85. The molecule has 142 valence electrons. The van der Waals surface area contributed by atoms with Crippen molar-refractivity contribution in [1.29, 1.82) is 0 Å². The molecule has 26 heavy (non-hydrogen) atoms. The second kappa shape index (κ2) is 9.04. The smallest absolute Gasteiger partial charge is 0.249 e. The monoisotopic (exact) mass is 395 g/mol. The molecule has 1 aromatic heterocycles. The van der Waals surface area contributed by atoms with E-state index in [0.29, 0.717) is 23.1 Å². The summed E-state index contributed by atoms with van der Waals surface area (Å²) in [6, 6.07) is 5.35. The van der Waals surface area contributed by atoms with Crippen molar-refractivity contribution in [3.63, 3.8) is 0 Å². The molecule has 0 saturated heterocycles. The standard InChI is InChI=1S/C16H23N6O2S2/c1-5-10-26(23,24)21-15-11-13(22(6-2)7-3)8-9-14(15)18-19-16-17-12(4)20-25-16/h8-9,11H,5-7,10H2,1-4H3/q-1. The van der Waals surface area contributed by atoms with Crippen molar-refractivity contribution in [2.75, 3.05) is 23.7 Å². The van der Waals surface area contributed by atoms with Gasteiger partial charge in [-0.3, -0.25) is 0 Å². The van der Waals surface area contributed by atoms with Crippen molar-refractivity contribution < 1.29 is 8.42 Å². The van der Waals surface area contributed by atoms with E-state index in [-0.39, 0.29) is 11.4 Å². The van der Waals surface area contributed by atoms with E-state index in [1.165, 1.54) is 0 Å². The Morgan fingerprint density at radius 3 is 2.50 bits per heavy atom. The number of anilines is 1. The summed E-state index contributed by atoms with van der Waals surface area (Å²) in [6.07, 6.45) is 0.502. The van der Waals surface area contributed by atoms with Gasteiger partial charge in [-0.05, 0) is 39.3 Å². The third-order valence-corrected chi connectivity index (χ3v) is 5.64. The molecule has 0 spiro atoms. The summed E-state index contributed by atoms with van der Waals surface area (Å²) < 4.78 is 32.4. The highest BCUT2D eigenvalue weighted by Crippen LogP contribution is 2.38. The number of aromatic nitrogens is 2. The quantitative estimate of drug-likeness (QED) is 0.565. The SMILES string of the molecule is CCCS(=O)(=O)[N-]c1cc(N(CC)CC)ccc1N=Nc1nc(C)ns1. The van der Waals surface area contributed by atoms with Gasteiger partial charge in [-0.15, -0.1) is 10.2 Å². The van der Waals surface area contributed by atoms with Gasteiger partial charge < -0.3 is 9.62 Å². The molecule has 0 unspecified atom stereocenters. The maximum absolute atomic E-state index is 12.2. The molecule has 10 heteroatoms. The molecule has 2 rings (SSSR count). The molecule has 0 aliphatic heterocycles. The van der Waals surface area contributed by atoms with E-state index in [9.17, 15) is 8.42 Å². The van der Waals surface area contributed by atoms with Crippen LogP contribution in [0.25, 0.3) is 4.72 Å². The van der Waals surface area contributed by atoms with Gasteiger partial charge >= 0.3 is 0 Å². The van der Waals surface area contributed by atoms with Crippen LogP contribution in [-0.4, -0.2) is 36.6 Å². The molecule has 8 nitrogen and oxygen atoms in total. The molecule has 0 fully saturated rings. The lowest BCUT2D eigenvalue weighted by Crippen LogP contribution is -2.21. The van der Waals surface area contributed by atoms with Crippen LogP contribution in [0.1, 0.15) is 33.0 Å². The fourth-order valence-corrected chi connectivity index (χ4v) is 3.89. The molecule has 0 radical (unpaired) electrons. The minimum atomic E-state index is -3.56. The van der Waals surface area contributed by atoms with Crippen LogP contribution in [-0.2, 0) is 10.0 Å². The first-order valence-electron chi connectivity index (χ1n) is 8.45. The molecule has 0 bridgehead atoms. The first kappa shape index (κ1) is 20.2. The summed E-state index contributed by atoms with van der Waals surface area (Å²) >= 11 is 1.13. The number of sulfonamides is 1. The Kier molecular flexibility index (Phi) is 7.04. The van der Waals surface area contributed by atoms with E-state index in [2.05, 4.69) is 29.2 Å². The summed E-state index contributed by atoms with van der Waals surface area (Å²) in [5.41, 5.74) is 1.56. The summed E-state index contributed by atoms with van der Waals surface area (Å²) in [7, 11) is -3.56. The summed E-state index contributed by atoms with van der Waals surface area (Å²) in [4.78, 5) is 6.23. The number of aryl methyl sites for hydroxylation is 1. The predicted molar refractivity (Wildman–Crippen MR) is 106 cm³/mol. The lowest BCUT2D eigenvalue weighted by Gasteiger charge is -2.27. The van der Waals surface area contributed by atoms with Gasteiger partial charge in [0.25, 0.3) is 0 Å². The first-order chi connectivity index (χ1) is 12.4. The van der Waals surface area contributed by atoms with Crippen molar-refractivity contribution in [3.05, 3.63) is 28.7 Å². The third kappa shape index (κ3) is 5.46. The van der Waals surface area contributed by atoms with Gasteiger partial charge in [-0.25, -0.2) is 13.4 Å². The molecule has 0 saturated carbocycles. The largest absolute Gasteiger partial charge is 0.575 e. The number of nitrogens with zero attached hydrogens (tertiary/aromatic N) is 6. The number of hydrogen-bond donors (Lipinski definition) is 0. The lowest BCUT2D eigenvalue weighted by atomic mass is 10.2. The van der Waals surface area contributed by atoms with E-state index in [1.807, 2.05) is 19.9 Å². The minimum absolute atomic E-state index is 0.00528. The molecule has 0 aliphatic carbocycles. The summed E-state index contributed by atoms with van der Waals surface area (Å²) in [6.45, 7) is 9.27. The number of rotatable bonds is 9. The topological polar surface area (TPSA) is 102 Å². The summed E-state index contributed by atoms with van der Waals surface area (Å²) in [5.74, 6) is 0.616. The van der Waals surface area contributed by atoms with Crippen LogP contribution < -0.4 is 4.90 Å². The van der Waals surface area contributed by atoms with Crippen LogP contribution >= 0.6 is 11.5 Å². The van der Waals surface area contributed by atoms with Crippen LogP contribution in [0.3, 0.4) is 0 Å². The fourth-order valence-electron chi connectivity index (χ4n) is 2.33. The van der Waals surface area contributed by atoms with Crippen molar-refractivity contribution in [2.45, 2.75) is 34.1 Å². The van der Waals surface area contributed by atoms with Crippen molar-refractivity contribution in [1.82, 2.24) is 9.36 Å². The van der Waals surface area contributed by atoms with E-state index in [1.54, 1.807) is 26.0 Å². The Labute approximate surface area is 158 Å². The Hall–Kier alpha value is -2.07. The number of benzene rings is 1. The van der Waals surface area contributed by atoms with Gasteiger partial charge in [0.1, 0.15) is 5.82 Å². The zero-order chi connectivity index (χ0) is 19.2. The molecule has 2 aromatic rings. The van der Waals surface area contributed by atoms with Crippen molar-refractivity contribution >= 4 is 43.7 Å². The minimum Gasteiger partial charge on any atom is -0.575 e. The van der Waals surface area contributed by atoms with E-state index in [0.717, 1.165) is 30.3 Å². The van der Waals surface area contributed by atoms with Crippen LogP contribution in [0.5, 0.6) is 0 Å². The molecule has 0 amide bonds. The zero-order valence-electron chi connectivity index (χ0n) is 15.4. The van der Waals surface area contributed by atoms with Gasteiger partial charge in [0, 0.05) is 36.1 Å². The molecular formula is C16H23N6O2S2-. The molecule has 0 N–H and O–H groups in total. The molecule has 1 aromatic carbocycles. The Morgan fingerprint density at radius 2 is 1.92 bits per heavy atom. The Morgan fingerprint density at radius 1 is 1.19 bits per heavy atom. The summed E-state index contributed by atoms with van der Waals surface area (Å²) in [5, 5.41) is 8.61. The highest BCUT2D eigenvalue weighted by atomic mass is 32.2. The van der Waals surface area contributed by atoms with Gasteiger partial charge in [-0.1, -0.05) is 18.7 Å². The highest BCUT2D eigenvalue weighted by molar-refractivity contribution is 7.94. The lowest BCUT2D eigenvalue weighted by molar-refractivity contribution is 0.602. The average Bonchev–Trinajstić information content (AvgIpc) is 3.00. The van der Waals surface area contributed by atoms with Crippen LogP contribution in [0.2, 0.25) is 0 Å². The van der Waals surface area contributed by atoms with Crippen molar-refractivity contribution in [2.24, 2.45) is 10.2 Å². The average molecular weight is 396 g/mol. The van der Waals surface area contributed by atoms with Crippen LogP contribution in [0, 0.1) is 6.92 Å². The Bertz CT molecular complexity index is 859. The molecule has 1 heterocycles. The molecule has 0 aliphatic rings. The van der Waals surface area contributed by atoms with Crippen LogP contribution in [0.15, 0.2) is 28.4 Å². The van der Waals surface area contributed by atoms with E-state index >= 15 is 0 Å². The van der Waals surface area contributed by atoms with Gasteiger partial charge in [0.05, 0.1) is 15.7 Å².